The summed E-state index contributed by atoms with van der Waals surface area (Å²) in [4.78, 5) is 14.3. The first-order chi connectivity index (χ1) is 7.79. The van der Waals surface area contributed by atoms with E-state index in [1.54, 1.807) is 12.3 Å². The minimum absolute atomic E-state index is 0.535. The van der Waals surface area contributed by atoms with Gasteiger partial charge < -0.3 is 5.32 Å². The van der Waals surface area contributed by atoms with E-state index in [0.29, 0.717) is 17.3 Å². The fraction of sp³-hybridized carbons (Fsp3) is 0. The van der Waals surface area contributed by atoms with Crippen molar-refractivity contribution in [3.63, 3.8) is 0 Å². The number of aromatic nitrogens is 1. The second-order valence-electron chi connectivity index (χ2n) is 3.20. The first kappa shape index (κ1) is 10.6. The summed E-state index contributed by atoms with van der Waals surface area (Å²) in [7, 11) is 0. The van der Waals surface area contributed by atoms with Gasteiger partial charge in [0.1, 0.15) is 5.82 Å². The Balaban J connectivity index is 2.27. The molecule has 3 nitrogen and oxygen atoms in total. The Labute approximate surface area is 98.1 Å². The lowest BCUT2D eigenvalue weighted by Gasteiger charge is -2.02. The normalized spacial score (nSPS) is 9.81. The second kappa shape index (κ2) is 4.77. The van der Waals surface area contributed by atoms with E-state index in [4.69, 9.17) is 11.6 Å². The average molecular weight is 233 g/mol. The molecule has 0 aliphatic carbocycles. The van der Waals surface area contributed by atoms with E-state index in [2.05, 4.69) is 10.3 Å². The van der Waals surface area contributed by atoms with Crippen LogP contribution in [0.4, 0.5) is 5.82 Å². The lowest BCUT2D eigenvalue weighted by atomic mass is 10.1. The maximum Gasteiger partial charge on any atom is 0.212 e. The standard InChI is InChI=1S/C12H9ClN2O/c13-11-4-1-9(2-5-11)10-3-6-12(14-7-10)15-8-16/h1-8H,(H,14,15,16). The van der Waals surface area contributed by atoms with Gasteiger partial charge >= 0.3 is 0 Å². The fourth-order valence-corrected chi connectivity index (χ4v) is 1.48. The van der Waals surface area contributed by atoms with E-state index in [9.17, 15) is 4.79 Å². The number of anilines is 1. The van der Waals surface area contributed by atoms with Crippen LogP contribution in [0.3, 0.4) is 0 Å². The fourth-order valence-electron chi connectivity index (χ4n) is 1.35. The minimum Gasteiger partial charge on any atom is -0.313 e. The molecule has 4 heteroatoms. The third-order valence-electron chi connectivity index (χ3n) is 2.15. The van der Waals surface area contributed by atoms with Crippen LogP contribution in [0.2, 0.25) is 5.02 Å². The van der Waals surface area contributed by atoms with Gasteiger partial charge in [-0.25, -0.2) is 4.98 Å². The molecule has 1 heterocycles. The van der Waals surface area contributed by atoms with Crippen LogP contribution in [0.5, 0.6) is 0 Å². The maximum atomic E-state index is 10.2. The molecule has 1 amide bonds. The Kier molecular flexibility index (Phi) is 3.17. The quantitative estimate of drug-likeness (QED) is 0.827. The van der Waals surface area contributed by atoms with Gasteiger partial charge in [0.15, 0.2) is 0 Å². The summed E-state index contributed by atoms with van der Waals surface area (Å²) in [5.74, 6) is 0.535. The number of nitrogens with zero attached hydrogens (tertiary/aromatic N) is 1. The van der Waals surface area contributed by atoms with E-state index in [-0.39, 0.29) is 0 Å². The van der Waals surface area contributed by atoms with Gasteiger partial charge in [0.05, 0.1) is 0 Å². The Bertz CT molecular complexity index is 479. The predicted octanol–water partition coefficient (Wildman–Crippen LogP) is 2.97. The highest BCUT2D eigenvalue weighted by Gasteiger charge is 1.98. The number of halogens is 1. The van der Waals surface area contributed by atoms with Crippen molar-refractivity contribution < 1.29 is 4.79 Å². The zero-order chi connectivity index (χ0) is 11.4. The molecule has 0 atom stereocenters. The summed E-state index contributed by atoms with van der Waals surface area (Å²) in [5.41, 5.74) is 2.02. The number of carbonyl (C=O) groups is 1. The first-order valence-electron chi connectivity index (χ1n) is 4.72. The lowest BCUT2D eigenvalue weighted by Crippen LogP contribution is -1.95. The van der Waals surface area contributed by atoms with Gasteiger partial charge in [-0.1, -0.05) is 23.7 Å². The molecule has 1 aromatic heterocycles. The highest BCUT2D eigenvalue weighted by atomic mass is 35.5. The van der Waals surface area contributed by atoms with Gasteiger partial charge in [0, 0.05) is 16.8 Å². The molecule has 2 rings (SSSR count). The maximum absolute atomic E-state index is 10.2. The van der Waals surface area contributed by atoms with Crippen LogP contribution in [-0.2, 0) is 4.79 Å². The van der Waals surface area contributed by atoms with Crippen molar-refractivity contribution in [2.45, 2.75) is 0 Å². The molecule has 0 unspecified atom stereocenters. The molecular formula is C12H9ClN2O. The van der Waals surface area contributed by atoms with Crippen molar-refractivity contribution in [3.05, 3.63) is 47.6 Å². The molecule has 80 valence electrons. The third-order valence-corrected chi connectivity index (χ3v) is 2.40. The highest BCUT2D eigenvalue weighted by Crippen LogP contribution is 2.21. The van der Waals surface area contributed by atoms with Gasteiger partial charge in [-0.2, -0.15) is 0 Å². The molecule has 16 heavy (non-hydrogen) atoms. The molecular weight excluding hydrogens is 224 g/mol. The number of carbonyl (C=O) groups excluding carboxylic acids is 1. The lowest BCUT2D eigenvalue weighted by molar-refractivity contribution is -0.105. The van der Waals surface area contributed by atoms with E-state index in [1.165, 1.54) is 0 Å². The SMILES string of the molecule is O=CNc1ccc(-c2ccc(Cl)cc2)cn1. The second-order valence-corrected chi connectivity index (χ2v) is 3.64. The molecule has 0 spiro atoms. The van der Waals surface area contributed by atoms with Crippen LogP contribution >= 0.6 is 11.6 Å². The van der Waals surface area contributed by atoms with Gasteiger partial charge in [0.2, 0.25) is 6.41 Å². The monoisotopic (exact) mass is 232 g/mol. The van der Waals surface area contributed by atoms with Crippen LogP contribution in [-0.4, -0.2) is 11.4 Å². The van der Waals surface area contributed by atoms with Crippen molar-refractivity contribution in [2.24, 2.45) is 0 Å². The largest absolute Gasteiger partial charge is 0.313 e. The molecule has 2 aromatic rings. The molecule has 0 bridgehead atoms. The van der Waals surface area contributed by atoms with Crippen LogP contribution in [0.1, 0.15) is 0 Å². The summed E-state index contributed by atoms with van der Waals surface area (Å²) >= 11 is 5.80. The number of amides is 1. The first-order valence-corrected chi connectivity index (χ1v) is 5.09. The zero-order valence-electron chi connectivity index (χ0n) is 8.35. The highest BCUT2D eigenvalue weighted by molar-refractivity contribution is 6.30. The smallest absolute Gasteiger partial charge is 0.212 e. The molecule has 0 saturated carbocycles. The number of benzene rings is 1. The van der Waals surface area contributed by atoms with E-state index < -0.39 is 0 Å². The van der Waals surface area contributed by atoms with Gasteiger partial charge in [-0.05, 0) is 29.8 Å². The van der Waals surface area contributed by atoms with Crippen LogP contribution < -0.4 is 5.32 Å². The van der Waals surface area contributed by atoms with Crippen molar-refractivity contribution in [2.75, 3.05) is 5.32 Å². The topological polar surface area (TPSA) is 42.0 Å². The summed E-state index contributed by atoms with van der Waals surface area (Å²) in [5, 5.41) is 3.19. The third kappa shape index (κ3) is 2.38. The molecule has 1 N–H and O–H groups in total. The molecule has 0 aliphatic rings. The zero-order valence-corrected chi connectivity index (χ0v) is 9.11. The van der Waals surface area contributed by atoms with E-state index >= 15 is 0 Å². The molecule has 1 aromatic carbocycles. The Morgan fingerprint density at radius 1 is 1.06 bits per heavy atom. The Morgan fingerprint density at radius 2 is 1.75 bits per heavy atom. The van der Waals surface area contributed by atoms with Crippen molar-refractivity contribution in [1.29, 1.82) is 0 Å². The Morgan fingerprint density at radius 3 is 2.31 bits per heavy atom. The van der Waals surface area contributed by atoms with Crippen LogP contribution in [0, 0.1) is 0 Å². The molecule has 0 saturated heterocycles. The van der Waals surface area contributed by atoms with Gasteiger partial charge in [-0.3, -0.25) is 4.79 Å². The van der Waals surface area contributed by atoms with Crippen molar-refractivity contribution in [3.8, 4) is 11.1 Å². The van der Waals surface area contributed by atoms with Crippen molar-refractivity contribution in [1.82, 2.24) is 4.98 Å². The number of pyridine rings is 1. The number of hydrogen-bond donors (Lipinski definition) is 1. The van der Waals surface area contributed by atoms with Crippen molar-refractivity contribution >= 4 is 23.8 Å². The summed E-state index contributed by atoms with van der Waals surface area (Å²) in [6, 6.07) is 11.1. The summed E-state index contributed by atoms with van der Waals surface area (Å²) in [6.45, 7) is 0. The van der Waals surface area contributed by atoms with Gasteiger partial charge in [-0.15, -0.1) is 0 Å². The summed E-state index contributed by atoms with van der Waals surface area (Å²) < 4.78 is 0. The molecule has 0 fully saturated rings. The summed E-state index contributed by atoms with van der Waals surface area (Å²) in [6.07, 6.45) is 2.30. The minimum atomic E-state index is 0.535. The molecule has 0 radical (unpaired) electrons. The number of nitrogens with one attached hydrogen (secondary N) is 1. The Hall–Kier alpha value is -1.87. The predicted molar refractivity (Wildman–Crippen MR) is 64.4 cm³/mol. The van der Waals surface area contributed by atoms with E-state index in [1.807, 2.05) is 30.3 Å². The number of hydrogen-bond acceptors (Lipinski definition) is 2. The van der Waals surface area contributed by atoms with E-state index in [0.717, 1.165) is 11.1 Å². The average Bonchev–Trinajstić information content (AvgIpc) is 2.32. The van der Waals surface area contributed by atoms with Crippen LogP contribution in [0.25, 0.3) is 11.1 Å². The van der Waals surface area contributed by atoms with Gasteiger partial charge in [0.25, 0.3) is 0 Å². The van der Waals surface area contributed by atoms with Crippen LogP contribution in [0.15, 0.2) is 42.6 Å². The number of rotatable bonds is 3. The molecule has 0 aliphatic heterocycles.